The Morgan fingerprint density at radius 3 is 2.56 bits per heavy atom. The maximum atomic E-state index is 12.7. The zero-order chi connectivity index (χ0) is 19.6. The number of hydrogen-bond donors (Lipinski definition) is 0. The summed E-state index contributed by atoms with van der Waals surface area (Å²) in [6, 6.07) is 6.69. The van der Waals surface area contributed by atoms with E-state index in [4.69, 9.17) is 14.2 Å². The number of hydrogen-bond acceptors (Lipinski definition) is 5. The fourth-order valence-electron chi connectivity index (χ4n) is 2.73. The number of methoxy groups -OCH3 is 2. The Hall–Kier alpha value is -2.97. The van der Waals surface area contributed by atoms with Crippen LogP contribution in [-0.4, -0.2) is 49.2 Å². The first kappa shape index (κ1) is 18.8. The first-order chi connectivity index (χ1) is 12.8. The van der Waals surface area contributed by atoms with Gasteiger partial charge in [0.1, 0.15) is 6.10 Å². The number of alkyl halides is 3. The van der Waals surface area contributed by atoms with E-state index in [1.807, 2.05) is 0 Å². The summed E-state index contributed by atoms with van der Waals surface area (Å²) in [5.74, 6) is 0.363. The van der Waals surface area contributed by atoms with Gasteiger partial charge in [-0.2, -0.15) is 13.2 Å². The van der Waals surface area contributed by atoms with Gasteiger partial charge in [0.15, 0.2) is 11.5 Å². The van der Waals surface area contributed by atoms with Crippen LogP contribution in [-0.2, 0) is 6.18 Å². The van der Waals surface area contributed by atoms with Crippen molar-refractivity contribution < 1.29 is 32.2 Å². The van der Waals surface area contributed by atoms with Gasteiger partial charge in [-0.05, 0) is 18.2 Å². The number of ether oxygens (including phenoxy) is 3. The fraction of sp³-hybridized carbons (Fsp3) is 0.333. The molecule has 1 amide bonds. The average Bonchev–Trinajstić information content (AvgIpc) is 2.62. The quantitative estimate of drug-likeness (QED) is 0.796. The van der Waals surface area contributed by atoms with Crippen LogP contribution < -0.4 is 14.2 Å². The number of rotatable bonds is 5. The molecular weight excluding hydrogens is 365 g/mol. The first-order valence-electron chi connectivity index (χ1n) is 8.03. The predicted molar refractivity (Wildman–Crippen MR) is 89.1 cm³/mol. The van der Waals surface area contributed by atoms with Crippen molar-refractivity contribution in [3.8, 4) is 17.4 Å². The minimum atomic E-state index is -4.47. The fourth-order valence-corrected chi connectivity index (χ4v) is 2.73. The molecule has 3 rings (SSSR count). The second-order valence-corrected chi connectivity index (χ2v) is 5.87. The molecule has 0 radical (unpaired) electrons. The Labute approximate surface area is 153 Å². The third-order valence-corrected chi connectivity index (χ3v) is 4.12. The Bertz CT molecular complexity index is 836. The van der Waals surface area contributed by atoms with Crippen LogP contribution in [0.15, 0.2) is 36.5 Å². The third-order valence-electron chi connectivity index (χ3n) is 4.12. The Kier molecular flexibility index (Phi) is 5.11. The number of halogens is 3. The summed E-state index contributed by atoms with van der Waals surface area (Å²) in [4.78, 5) is 17.9. The number of nitrogens with zero attached hydrogens (tertiary/aromatic N) is 2. The number of amides is 1. The normalized spacial score (nSPS) is 14.5. The van der Waals surface area contributed by atoms with Crippen LogP contribution in [0.3, 0.4) is 0 Å². The molecule has 1 aliphatic rings. The van der Waals surface area contributed by atoms with Gasteiger partial charge in [-0.3, -0.25) is 4.79 Å². The van der Waals surface area contributed by atoms with Gasteiger partial charge in [-0.15, -0.1) is 0 Å². The zero-order valence-electron chi connectivity index (χ0n) is 14.6. The highest BCUT2D eigenvalue weighted by molar-refractivity contribution is 5.98. The largest absolute Gasteiger partial charge is 0.493 e. The van der Waals surface area contributed by atoms with E-state index in [1.54, 1.807) is 18.2 Å². The summed E-state index contributed by atoms with van der Waals surface area (Å²) >= 11 is 0. The van der Waals surface area contributed by atoms with Crippen molar-refractivity contribution in [1.82, 2.24) is 9.88 Å². The van der Waals surface area contributed by atoms with Crippen LogP contribution in [0.2, 0.25) is 0 Å². The number of benzene rings is 1. The van der Waals surface area contributed by atoms with Gasteiger partial charge in [0, 0.05) is 12.3 Å². The highest BCUT2D eigenvalue weighted by Gasteiger charge is 2.36. The maximum Gasteiger partial charge on any atom is 0.416 e. The van der Waals surface area contributed by atoms with E-state index in [0.717, 1.165) is 18.3 Å². The van der Waals surface area contributed by atoms with Crippen LogP contribution in [0.25, 0.3) is 0 Å². The standard InChI is InChI=1S/C18H17F3N2O4/c1-25-14-5-3-4-13(16(14)26-2)17(24)23-9-12(10-23)27-15-8-11(6-7-22-15)18(19,20)21/h3-8,12H,9-10H2,1-2H3. The molecule has 0 atom stereocenters. The number of likely N-dealkylation sites (tertiary alicyclic amines) is 1. The maximum absolute atomic E-state index is 12.7. The molecule has 2 heterocycles. The Morgan fingerprint density at radius 2 is 1.93 bits per heavy atom. The zero-order valence-corrected chi connectivity index (χ0v) is 14.6. The average molecular weight is 382 g/mol. The van der Waals surface area contributed by atoms with Crippen LogP contribution in [0.5, 0.6) is 17.4 Å². The second kappa shape index (κ2) is 7.34. The van der Waals surface area contributed by atoms with Crippen molar-refractivity contribution in [3.63, 3.8) is 0 Å². The van der Waals surface area contributed by atoms with Gasteiger partial charge in [0.25, 0.3) is 5.91 Å². The van der Waals surface area contributed by atoms with Crippen molar-refractivity contribution in [2.75, 3.05) is 27.3 Å². The summed E-state index contributed by atoms with van der Waals surface area (Å²) in [6.45, 7) is 0.467. The van der Waals surface area contributed by atoms with Crippen molar-refractivity contribution in [2.24, 2.45) is 0 Å². The summed E-state index contributed by atoms with van der Waals surface area (Å²) in [7, 11) is 2.91. The molecule has 27 heavy (non-hydrogen) atoms. The highest BCUT2D eigenvalue weighted by Crippen LogP contribution is 2.33. The molecule has 0 spiro atoms. The van der Waals surface area contributed by atoms with Crippen molar-refractivity contribution >= 4 is 5.91 Å². The molecule has 1 aromatic heterocycles. The van der Waals surface area contributed by atoms with E-state index in [0.29, 0.717) is 17.1 Å². The van der Waals surface area contributed by atoms with Crippen molar-refractivity contribution in [2.45, 2.75) is 12.3 Å². The van der Waals surface area contributed by atoms with E-state index in [9.17, 15) is 18.0 Å². The van der Waals surface area contributed by atoms with Gasteiger partial charge < -0.3 is 19.1 Å². The molecule has 9 heteroatoms. The molecule has 0 unspecified atom stereocenters. The first-order valence-corrected chi connectivity index (χ1v) is 8.03. The molecule has 1 fully saturated rings. The number of carbonyl (C=O) groups excluding carboxylic acids is 1. The lowest BCUT2D eigenvalue weighted by molar-refractivity contribution is -0.137. The van der Waals surface area contributed by atoms with E-state index in [2.05, 4.69) is 4.98 Å². The van der Waals surface area contributed by atoms with Crippen LogP contribution >= 0.6 is 0 Å². The summed E-state index contributed by atoms with van der Waals surface area (Å²) in [6.07, 6.45) is -3.85. The minimum Gasteiger partial charge on any atom is -0.493 e. The van der Waals surface area contributed by atoms with Crippen molar-refractivity contribution in [1.29, 1.82) is 0 Å². The lowest BCUT2D eigenvalue weighted by Crippen LogP contribution is -2.56. The van der Waals surface area contributed by atoms with Crippen LogP contribution in [0.1, 0.15) is 15.9 Å². The van der Waals surface area contributed by atoms with Crippen LogP contribution in [0.4, 0.5) is 13.2 Å². The Balaban J connectivity index is 1.64. The SMILES string of the molecule is COc1cccc(C(=O)N2CC(Oc3cc(C(F)(F)F)ccn3)C2)c1OC. The smallest absolute Gasteiger partial charge is 0.416 e. The highest BCUT2D eigenvalue weighted by atomic mass is 19.4. The van der Waals surface area contributed by atoms with E-state index < -0.39 is 17.8 Å². The molecule has 1 aliphatic heterocycles. The topological polar surface area (TPSA) is 60.9 Å². The van der Waals surface area contributed by atoms with Crippen molar-refractivity contribution in [3.05, 3.63) is 47.7 Å². The molecule has 2 aromatic rings. The second-order valence-electron chi connectivity index (χ2n) is 5.87. The van der Waals surface area contributed by atoms with Gasteiger partial charge >= 0.3 is 6.18 Å². The lowest BCUT2D eigenvalue weighted by atomic mass is 10.1. The molecular formula is C18H17F3N2O4. The number of pyridine rings is 1. The van der Waals surface area contributed by atoms with E-state index in [1.165, 1.54) is 19.1 Å². The van der Waals surface area contributed by atoms with E-state index in [-0.39, 0.29) is 24.9 Å². The summed E-state index contributed by atoms with van der Waals surface area (Å²) in [5, 5.41) is 0. The van der Waals surface area contributed by atoms with Gasteiger partial charge in [0.05, 0.1) is 38.4 Å². The molecule has 6 nitrogen and oxygen atoms in total. The predicted octanol–water partition coefficient (Wildman–Crippen LogP) is 3.02. The molecule has 0 bridgehead atoms. The number of carbonyl (C=O) groups is 1. The summed E-state index contributed by atoms with van der Waals surface area (Å²) < 4.78 is 54.1. The van der Waals surface area contributed by atoms with Crippen LogP contribution in [0, 0.1) is 0 Å². The number of para-hydroxylation sites is 1. The summed E-state index contributed by atoms with van der Waals surface area (Å²) in [5.41, 5.74) is -0.492. The van der Waals surface area contributed by atoms with E-state index >= 15 is 0 Å². The molecule has 1 aromatic carbocycles. The van der Waals surface area contributed by atoms with Gasteiger partial charge in [0.2, 0.25) is 5.88 Å². The molecule has 0 aliphatic carbocycles. The lowest BCUT2D eigenvalue weighted by Gasteiger charge is -2.38. The van der Waals surface area contributed by atoms with Gasteiger partial charge in [-0.25, -0.2) is 4.98 Å². The molecule has 144 valence electrons. The molecule has 0 N–H and O–H groups in total. The monoisotopic (exact) mass is 382 g/mol. The molecule has 1 saturated heterocycles. The minimum absolute atomic E-state index is 0.124. The van der Waals surface area contributed by atoms with Gasteiger partial charge in [-0.1, -0.05) is 6.07 Å². The Morgan fingerprint density at radius 1 is 1.19 bits per heavy atom. The number of aromatic nitrogens is 1. The molecule has 0 saturated carbocycles. The third kappa shape index (κ3) is 3.91.